The summed E-state index contributed by atoms with van der Waals surface area (Å²) in [4.78, 5) is 3.17. The van der Waals surface area contributed by atoms with Crippen molar-refractivity contribution in [1.82, 2.24) is 9.55 Å². The number of nitrogens with zero attached hydrogens (tertiary/aromatic N) is 1. The third kappa shape index (κ3) is 1.83. The molecule has 1 heterocycles. The van der Waals surface area contributed by atoms with Crippen LogP contribution in [0, 0.1) is 4.77 Å². The van der Waals surface area contributed by atoms with E-state index in [2.05, 4.69) is 34.7 Å². The number of hydrogen-bond donors (Lipinski definition) is 1. The summed E-state index contributed by atoms with van der Waals surface area (Å²) in [5, 5.41) is 0. The molecule has 18 heavy (non-hydrogen) atoms. The molecule has 0 radical (unpaired) electrons. The van der Waals surface area contributed by atoms with Crippen molar-refractivity contribution in [1.29, 1.82) is 0 Å². The Morgan fingerprint density at radius 3 is 2.94 bits per heavy atom. The van der Waals surface area contributed by atoms with Crippen LogP contribution in [0.2, 0.25) is 0 Å². The van der Waals surface area contributed by atoms with Crippen molar-refractivity contribution < 1.29 is 0 Å². The lowest BCUT2D eigenvalue weighted by molar-refractivity contribution is 0.679. The summed E-state index contributed by atoms with van der Waals surface area (Å²) < 4.78 is 3.02. The second-order valence-corrected chi connectivity index (χ2v) is 5.28. The average molecular weight is 258 g/mol. The van der Waals surface area contributed by atoms with Crippen LogP contribution in [-0.4, -0.2) is 9.55 Å². The van der Waals surface area contributed by atoms with Gasteiger partial charge in [-0.1, -0.05) is 19.1 Å². The van der Waals surface area contributed by atoms with Gasteiger partial charge in [-0.2, -0.15) is 0 Å². The minimum Gasteiger partial charge on any atom is -0.337 e. The smallest absolute Gasteiger partial charge is 0.182 e. The zero-order valence-corrected chi connectivity index (χ0v) is 11.5. The van der Waals surface area contributed by atoms with E-state index in [0.29, 0.717) is 0 Å². The molecule has 2 aromatic rings. The number of imidazole rings is 1. The molecule has 0 saturated carbocycles. The highest BCUT2D eigenvalue weighted by Crippen LogP contribution is 2.28. The summed E-state index contributed by atoms with van der Waals surface area (Å²) in [6.07, 6.45) is 8.03. The molecular formula is C15H18N2S. The van der Waals surface area contributed by atoms with Gasteiger partial charge < -0.3 is 4.98 Å². The fourth-order valence-corrected chi connectivity index (χ4v) is 3.17. The molecule has 0 amide bonds. The quantitative estimate of drug-likeness (QED) is 0.808. The number of aryl methyl sites for hydroxylation is 2. The molecule has 0 saturated heterocycles. The molecule has 0 bridgehead atoms. The van der Waals surface area contributed by atoms with Gasteiger partial charge in [0.1, 0.15) is 0 Å². The van der Waals surface area contributed by atoms with Gasteiger partial charge in [0, 0.05) is 11.9 Å². The van der Waals surface area contributed by atoms with Crippen LogP contribution in [0.3, 0.4) is 0 Å². The molecule has 1 aliphatic carbocycles. The molecule has 0 aliphatic heterocycles. The molecule has 1 aliphatic rings. The van der Waals surface area contributed by atoms with Crippen molar-refractivity contribution in [2.75, 3.05) is 0 Å². The summed E-state index contributed by atoms with van der Waals surface area (Å²) in [6.45, 7) is 2.17. The van der Waals surface area contributed by atoms with Gasteiger partial charge in [-0.15, -0.1) is 0 Å². The first-order valence-electron chi connectivity index (χ1n) is 6.71. The van der Waals surface area contributed by atoms with E-state index in [9.17, 15) is 0 Å². The lowest BCUT2D eigenvalue weighted by atomic mass is 9.90. The van der Waals surface area contributed by atoms with Crippen LogP contribution in [0.15, 0.2) is 24.4 Å². The third-order valence-corrected chi connectivity index (χ3v) is 4.13. The van der Waals surface area contributed by atoms with Crippen LogP contribution >= 0.6 is 12.2 Å². The number of benzene rings is 1. The Balaban J connectivity index is 2.23. The Labute approximate surface area is 113 Å². The molecule has 2 nitrogen and oxygen atoms in total. The van der Waals surface area contributed by atoms with Crippen molar-refractivity contribution in [3.63, 3.8) is 0 Å². The van der Waals surface area contributed by atoms with E-state index in [-0.39, 0.29) is 0 Å². The largest absolute Gasteiger partial charge is 0.337 e. The number of aromatic amines is 1. The van der Waals surface area contributed by atoms with Crippen molar-refractivity contribution in [3.8, 4) is 5.69 Å². The molecule has 94 valence electrons. The number of H-pyrrole nitrogens is 1. The Hall–Kier alpha value is -1.35. The fourth-order valence-electron chi connectivity index (χ4n) is 2.90. The van der Waals surface area contributed by atoms with Gasteiger partial charge in [0.15, 0.2) is 4.77 Å². The normalized spacial score (nSPS) is 14.5. The predicted octanol–water partition coefficient (Wildman–Crippen LogP) is 3.98. The van der Waals surface area contributed by atoms with Crippen LogP contribution in [0.5, 0.6) is 0 Å². The Morgan fingerprint density at radius 1 is 1.28 bits per heavy atom. The fraction of sp³-hybridized carbons (Fsp3) is 0.400. The van der Waals surface area contributed by atoms with Crippen LogP contribution in [0.1, 0.15) is 36.6 Å². The van der Waals surface area contributed by atoms with Crippen molar-refractivity contribution >= 4 is 12.2 Å². The van der Waals surface area contributed by atoms with E-state index in [0.717, 1.165) is 11.2 Å². The number of rotatable bonds is 2. The maximum absolute atomic E-state index is 5.43. The van der Waals surface area contributed by atoms with Gasteiger partial charge in [-0.3, -0.25) is 4.57 Å². The number of fused-ring (bicyclic) bond motifs is 1. The Bertz CT molecular complexity index is 622. The van der Waals surface area contributed by atoms with Crippen LogP contribution < -0.4 is 0 Å². The SMILES string of the molecule is CCc1c[nH]c(=S)n1-c1cccc2c1CCCC2. The summed E-state index contributed by atoms with van der Waals surface area (Å²) in [5.74, 6) is 0. The predicted molar refractivity (Wildman–Crippen MR) is 77.0 cm³/mol. The topological polar surface area (TPSA) is 20.7 Å². The molecule has 0 unspecified atom stereocenters. The van der Waals surface area contributed by atoms with Crippen LogP contribution in [0.4, 0.5) is 0 Å². The highest BCUT2D eigenvalue weighted by molar-refractivity contribution is 7.71. The molecule has 0 fully saturated rings. The molecule has 3 rings (SSSR count). The second-order valence-electron chi connectivity index (χ2n) is 4.90. The van der Waals surface area contributed by atoms with Crippen LogP contribution in [-0.2, 0) is 19.3 Å². The molecule has 0 spiro atoms. The van der Waals surface area contributed by atoms with Crippen LogP contribution in [0.25, 0.3) is 5.69 Å². The molecule has 1 N–H and O–H groups in total. The second kappa shape index (κ2) is 4.73. The van der Waals surface area contributed by atoms with Crippen molar-refractivity contribution in [2.24, 2.45) is 0 Å². The summed E-state index contributed by atoms with van der Waals surface area (Å²) in [6, 6.07) is 6.63. The summed E-state index contributed by atoms with van der Waals surface area (Å²) >= 11 is 5.43. The first kappa shape index (κ1) is 11.7. The van der Waals surface area contributed by atoms with E-state index in [1.807, 2.05) is 6.20 Å². The standard InChI is InChI=1S/C15H18N2S/c1-2-12-10-16-15(18)17(12)14-9-5-7-11-6-3-4-8-13(11)14/h5,7,9-10H,2-4,6,8H2,1H3,(H,16,18). The molecular weight excluding hydrogens is 240 g/mol. The van der Waals surface area contributed by atoms with Crippen molar-refractivity contribution in [2.45, 2.75) is 39.0 Å². The van der Waals surface area contributed by atoms with E-state index >= 15 is 0 Å². The van der Waals surface area contributed by atoms with Gasteiger partial charge in [-0.25, -0.2) is 0 Å². The summed E-state index contributed by atoms with van der Waals surface area (Å²) in [7, 11) is 0. The lowest BCUT2D eigenvalue weighted by Crippen LogP contribution is -2.09. The lowest BCUT2D eigenvalue weighted by Gasteiger charge is -2.20. The van der Waals surface area contributed by atoms with Gasteiger partial charge in [-0.05, 0) is 61.5 Å². The average Bonchev–Trinajstić information content (AvgIpc) is 2.79. The first-order valence-corrected chi connectivity index (χ1v) is 7.12. The van der Waals surface area contributed by atoms with Gasteiger partial charge in [0.25, 0.3) is 0 Å². The number of aromatic nitrogens is 2. The van der Waals surface area contributed by atoms with Gasteiger partial charge in [0.2, 0.25) is 0 Å². The monoisotopic (exact) mass is 258 g/mol. The van der Waals surface area contributed by atoms with Gasteiger partial charge in [0.05, 0.1) is 5.69 Å². The number of hydrogen-bond acceptors (Lipinski definition) is 1. The van der Waals surface area contributed by atoms with E-state index in [1.54, 1.807) is 0 Å². The zero-order valence-electron chi connectivity index (χ0n) is 10.7. The highest BCUT2D eigenvalue weighted by Gasteiger charge is 2.15. The molecule has 1 aromatic carbocycles. The first-order chi connectivity index (χ1) is 8.81. The van der Waals surface area contributed by atoms with E-state index in [1.165, 1.54) is 48.2 Å². The Kier molecular flexibility index (Phi) is 3.08. The zero-order chi connectivity index (χ0) is 12.5. The molecule has 1 aromatic heterocycles. The maximum Gasteiger partial charge on any atom is 0.182 e. The summed E-state index contributed by atoms with van der Waals surface area (Å²) in [5.41, 5.74) is 5.55. The Morgan fingerprint density at radius 2 is 2.11 bits per heavy atom. The van der Waals surface area contributed by atoms with E-state index < -0.39 is 0 Å². The van der Waals surface area contributed by atoms with Gasteiger partial charge >= 0.3 is 0 Å². The number of nitrogens with one attached hydrogen (secondary N) is 1. The van der Waals surface area contributed by atoms with Crippen molar-refractivity contribution in [3.05, 3.63) is 46.0 Å². The highest BCUT2D eigenvalue weighted by atomic mass is 32.1. The third-order valence-electron chi connectivity index (χ3n) is 3.83. The maximum atomic E-state index is 5.43. The molecule has 3 heteroatoms. The minimum absolute atomic E-state index is 0.811. The van der Waals surface area contributed by atoms with E-state index in [4.69, 9.17) is 12.2 Å². The molecule has 0 atom stereocenters. The minimum atomic E-state index is 0.811.